The van der Waals surface area contributed by atoms with Gasteiger partial charge in [0.25, 0.3) is 0 Å². The Morgan fingerprint density at radius 1 is 1.45 bits per heavy atom. The smallest absolute Gasteiger partial charge is 0.0702 e. The Bertz CT molecular complexity index is 414. The zero-order chi connectivity index (χ0) is 14.5. The van der Waals surface area contributed by atoms with Gasteiger partial charge >= 0.3 is 0 Å². The van der Waals surface area contributed by atoms with E-state index in [1.54, 1.807) is 0 Å². The fraction of sp³-hybridized carbons (Fsp3) is 0.812. The Hall–Kier alpha value is -0.870. The third-order valence-electron chi connectivity index (χ3n) is 4.26. The highest BCUT2D eigenvalue weighted by Crippen LogP contribution is 2.17. The SMILES string of the molecule is Cc1c(CN2CCOC(CCCC(C)C)C2)cnn1C. The molecule has 1 fully saturated rings. The fourth-order valence-corrected chi connectivity index (χ4v) is 2.79. The maximum absolute atomic E-state index is 5.90. The van der Waals surface area contributed by atoms with Crippen LogP contribution in [0.15, 0.2) is 6.20 Å². The van der Waals surface area contributed by atoms with Crippen LogP contribution in [-0.2, 0) is 18.3 Å². The molecule has 0 bridgehead atoms. The summed E-state index contributed by atoms with van der Waals surface area (Å²) in [6.45, 7) is 10.7. The van der Waals surface area contributed by atoms with Gasteiger partial charge in [0.15, 0.2) is 0 Å². The van der Waals surface area contributed by atoms with E-state index in [2.05, 4.69) is 30.8 Å². The molecule has 1 aromatic rings. The molecule has 2 rings (SSSR count). The topological polar surface area (TPSA) is 30.3 Å². The number of ether oxygens (including phenoxy) is 1. The first-order chi connectivity index (χ1) is 9.56. The molecule has 0 aromatic carbocycles. The molecule has 0 aliphatic carbocycles. The monoisotopic (exact) mass is 279 g/mol. The lowest BCUT2D eigenvalue weighted by molar-refractivity contribution is -0.0360. The van der Waals surface area contributed by atoms with Crippen molar-refractivity contribution in [1.29, 1.82) is 0 Å². The molecule has 4 nitrogen and oxygen atoms in total. The van der Waals surface area contributed by atoms with Crippen LogP contribution in [0.25, 0.3) is 0 Å². The molecule has 1 aliphatic heterocycles. The van der Waals surface area contributed by atoms with E-state index in [0.29, 0.717) is 6.10 Å². The summed E-state index contributed by atoms with van der Waals surface area (Å²) in [6.07, 6.45) is 6.20. The van der Waals surface area contributed by atoms with Crippen LogP contribution in [0.2, 0.25) is 0 Å². The van der Waals surface area contributed by atoms with Crippen molar-refractivity contribution in [2.45, 2.75) is 52.7 Å². The highest BCUT2D eigenvalue weighted by molar-refractivity contribution is 5.15. The second-order valence-corrected chi connectivity index (χ2v) is 6.43. The van der Waals surface area contributed by atoms with Gasteiger partial charge in [0.05, 0.1) is 18.9 Å². The summed E-state index contributed by atoms with van der Waals surface area (Å²) in [5, 5.41) is 4.33. The van der Waals surface area contributed by atoms with Crippen LogP contribution in [0.1, 0.15) is 44.4 Å². The van der Waals surface area contributed by atoms with Gasteiger partial charge in [-0.05, 0) is 19.3 Å². The molecule has 1 aliphatic rings. The minimum atomic E-state index is 0.416. The fourth-order valence-electron chi connectivity index (χ4n) is 2.79. The van der Waals surface area contributed by atoms with Gasteiger partial charge in [0.1, 0.15) is 0 Å². The first-order valence-electron chi connectivity index (χ1n) is 7.87. The standard InChI is InChI=1S/C16H29N3O/c1-13(2)6-5-7-16-12-19(8-9-20-16)11-15-10-17-18(4)14(15)3/h10,13,16H,5-9,11-12H2,1-4H3. The first-order valence-corrected chi connectivity index (χ1v) is 7.87. The molecule has 0 spiro atoms. The summed E-state index contributed by atoms with van der Waals surface area (Å²) in [6, 6.07) is 0. The Kier molecular flexibility index (Phi) is 5.61. The molecule has 1 aromatic heterocycles. The number of morpholine rings is 1. The summed E-state index contributed by atoms with van der Waals surface area (Å²) in [7, 11) is 2.01. The van der Waals surface area contributed by atoms with Crippen LogP contribution in [0, 0.1) is 12.8 Å². The average Bonchev–Trinajstić information content (AvgIpc) is 2.71. The minimum absolute atomic E-state index is 0.416. The molecule has 0 N–H and O–H groups in total. The average molecular weight is 279 g/mol. The third-order valence-corrected chi connectivity index (χ3v) is 4.26. The van der Waals surface area contributed by atoms with Gasteiger partial charge in [-0.3, -0.25) is 9.58 Å². The zero-order valence-electron chi connectivity index (χ0n) is 13.4. The molecule has 20 heavy (non-hydrogen) atoms. The quantitative estimate of drug-likeness (QED) is 0.802. The number of aromatic nitrogens is 2. The molecule has 1 unspecified atom stereocenters. The third kappa shape index (κ3) is 4.32. The van der Waals surface area contributed by atoms with Crippen molar-refractivity contribution in [3.05, 3.63) is 17.5 Å². The Labute approximate surface area is 123 Å². The van der Waals surface area contributed by atoms with Gasteiger partial charge in [-0.2, -0.15) is 5.10 Å². The van der Waals surface area contributed by atoms with Crippen LogP contribution < -0.4 is 0 Å². The van der Waals surface area contributed by atoms with Crippen molar-refractivity contribution >= 4 is 0 Å². The van der Waals surface area contributed by atoms with Crippen LogP contribution in [0.5, 0.6) is 0 Å². The molecular formula is C16H29N3O. The predicted molar refractivity (Wildman–Crippen MR) is 81.7 cm³/mol. The van der Waals surface area contributed by atoms with E-state index in [-0.39, 0.29) is 0 Å². The van der Waals surface area contributed by atoms with Crippen LogP contribution >= 0.6 is 0 Å². The van der Waals surface area contributed by atoms with Crippen LogP contribution in [0.4, 0.5) is 0 Å². The summed E-state index contributed by atoms with van der Waals surface area (Å²) >= 11 is 0. The van der Waals surface area contributed by atoms with Gasteiger partial charge < -0.3 is 4.74 Å². The van der Waals surface area contributed by atoms with Crippen molar-refractivity contribution in [1.82, 2.24) is 14.7 Å². The van der Waals surface area contributed by atoms with E-state index in [0.717, 1.165) is 32.2 Å². The second-order valence-electron chi connectivity index (χ2n) is 6.43. The lowest BCUT2D eigenvalue weighted by Gasteiger charge is -2.33. The Balaban J connectivity index is 1.80. The molecule has 114 valence electrons. The van der Waals surface area contributed by atoms with Gasteiger partial charge in [-0.1, -0.05) is 26.7 Å². The highest BCUT2D eigenvalue weighted by atomic mass is 16.5. The van der Waals surface area contributed by atoms with Crippen molar-refractivity contribution < 1.29 is 4.74 Å². The largest absolute Gasteiger partial charge is 0.376 e. The number of nitrogens with zero attached hydrogens (tertiary/aromatic N) is 3. The number of rotatable bonds is 6. The summed E-state index contributed by atoms with van der Waals surface area (Å²) < 4.78 is 7.85. The minimum Gasteiger partial charge on any atom is -0.376 e. The maximum Gasteiger partial charge on any atom is 0.0702 e. The van der Waals surface area contributed by atoms with E-state index >= 15 is 0 Å². The van der Waals surface area contributed by atoms with E-state index in [9.17, 15) is 0 Å². The van der Waals surface area contributed by atoms with E-state index in [4.69, 9.17) is 4.74 Å². The van der Waals surface area contributed by atoms with E-state index < -0.39 is 0 Å². The van der Waals surface area contributed by atoms with Crippen molar-refractivity contribution in [3.8, 4) is 0 Å². The van der Waals surface area contributed by atoms with E-state index in [1.165, 1.54) is 30.5 Å². The molecule has 0 radical (unpaired) electrons. The van der Waals surface area contributed by atoms with Gasteiger partial charge in [0.2, 0.25) is 0 Å². The molecular weight excluding hydrogens is 250 g/mol. The highest BCUT2D eigenvalue weighted by Gasteiger charge is 2.21. The molecule has 1 saturated heterocycles. The van der Waals surface area contributed by atoms with Crippen molar-refractivity contribution in [2.24, 2.45) is 13.0 Å². The van der Waals surface area contributed by atoms with Crippen molar-refractivity contribution in [3.63, 3.8) is 0 Å². The summed E-state index contributed by atoms with van der Waals surface area (Å²) in [5.74, 6) is 0.799. The normalized spacial score (nSPS) is 20.8. The van der Waals surface area contributed by atoms with Gasteiger partial charge in [0, 0.05) is 37.9 Å². The number of hydrogen-bond acceptors (Lipinski definition) is 3. The van der Waals surface area contributed by atoms with Crippen molar-refractivity contribution in [2.75, 3.05) is 19.7 Å². The first kappa shape index (κ1) is 15.5. The predicted octanol–water partition coefficient (Wildman–Crippen LogP) is 2.76. The molecule has 0 amide bonds. The second kappa shape index (κ2) is 7.23. The Morgan fingerprint density at radius 3 is 2.90 bits per heavy atom. The van der Waals surface area contributed by atoms with Crippen LogP contribution in [-0.4, -0.2) is 40.5 Å². The summed E-state index contributed by atoms with van der Waals surface area (Å²) in [5.41, 5.74) is 2.61. The van der Waals surface area contributed by atoms with Gasteiger partial charge in [-0.15, -0.1) is 0 Å². The number of hydrogen-bond donors (Lipinski definition) is 0. The summed E-state index contributed by atoms with van der Waals surface area (Å²) in [4.78, 5) is 2.51. The van der Waals surface area contributed by atoms with Crippen LogP contribution in [0.3, 0.4) is 0 Å². The zero-order valence-corrected chi connectivity index (χ0v) is 13.4. The Morgan fingerprint density at radius 2 is 2.25 bits per heavy atom. The lowest BCUT2D eigenvalue weighted by Crippen LogP contribution is -2.41. The molecule has 1 atom stereocenters. The molecule has 4 heteroatoms. The molecule has 0 saturated carbocycles. The number of aryl methyl sites for hydroxylation is 1. The molecule has 2 heterocycles. The van der Waals surface area contributed by atoms with E-state index in [1.807, 2.05) is 17.9 Å². The van der Waals surface area contributed by atoms with Gasteiger partial charge in [-0.25, -0.2) is 0 Å². The maximum atomic E-state index is 5.90. The lowest BCUT2D eigenvalue weighted by atomic mass is 10.0.